The van der Waals surface area contributed by atoms with Crippen molar-refractivity contribution in [1.29, 1.82) is 0 Å². The molecule has 1 unspecified atom stereocenters. The Bertz CT molecular complexity index is 551. The number of hydrogen-bond donors (Lipinski definition) is 0. The van der Waals surface area contributed by atoms with Crippen LogP contribution in [-0.4, -0.2) is 37.4 Å². The molecule has 0 aromatic heterocycles. The minimum absolute atomic E-state index is 0.132. The van der Waals surface area contributed by atoms with Gasteiger partial charge in [-0.05, 0) is 5.56 Å². The van der Waals surface area contributed by atoms with Crippen LogP contribution >= 0.6 is 0 Å². The number of nitro groups is 1. The number of carbonyl (C=O) groups excluding carboxylic acids is 3. The summed E-state index contributed by atoms with van der Waals surface area (Å²) in [6.45, 7) is 0. The number of methoxy groups -OCH3 is 2. The zero-order valence-corrected chi connectivity index (χ0v) is 12.1. The van der Waals surface area contributed by atoms with E-state index in [0.29, 0.717) is 11.8 Å². The van der Waals surface area contributed by atoms with Gasteiger partial charge in [-0.1, -0.05) is 12.1 Å². The molecule has 8 nitrogen and oxygen atoms in total. The summed E-state index contributed by atoms with van der Waals surface area (Å²) in [5.74, 6) is -3.81. The Labute approximate surface area is 126 Å². The van der Waals surface area contributed by atoms with Gasteiger partial charge in [0.05, 0.1) is 19.1 Å². The van der Waals surface area contributed by atoms with Gasteiger partial charge in [-0.2, -0.15) is 0 Å². The Balaban J connectivity index is 3.23. The molecular weight excluding hydrogens is 294 g/mol. The standard InChI is InChI=1S/C14H15NO7/c1-21-13(17)12(14(18)22-2)11(7-8-16)9-3-5-10(6-4-9)15(19)20/h3-6,8,11-12H,7H2,1-2H3. The highest BCUT2D eigenvalue weighted by Crippen LogP contribution is 2.30. The van der Waals surface area contributed by atoms with Crippen molar-refractivity contribution in [3.63, 3.8) is 0 Å². The molecule has 0 heterocycles. The maximum Gasteiger partial charge on any atom is 0.320 e. The fraction of sp³-hybridized carbons (Fsp3) is 0.357. The zero-order chi connectivity index (χ0) is 16.7. The molecule has 0 N–H and O–H groups in total. The number of benzene rings is 1. The van der Waals surface area contributed by atoms with Gasteiger partial charge in [0.1, 0.15) is 6.29 Å². The van der Waals surface area contributed by atoms with E-state index >= 15 is 0 Å². The van der Waals surface area contributed by atoms with Crippen LogP contribution in [-0.2, 0) is 23.9 Å². The number of nitrogens with zero attached hydrogens (tertiary/aromatic N) is 1. The van der Waals surface area contributed by atoms with E-state index in [-0.39, 0.29) is 12.1 Å². The summed E-state index contributed by atoms with van der Waals surface area (Å²) < 4.78 is 9.16. The van der Waals surface area contributed by atoms with Crippen molar-refractivity contribution in [2.45, 2.75) is 12.3 Å². The molecule has 1 atom stereocenters. The number of aldehydes is 1. The molecular formula is C14H15NO7. The predicted octanol–water partition coefficient (Wildman–Crippen LogP) is 1.23. The van der Waals surface area contributed by atoms with Crippen LogP contribution < -0.4 is 0 Å². The van der Waals surface area contributed by atoms with Gasteiger partial charge in [0.2, 0.25) is 0 Å². The Morgan fingerprint density at radius 1 is 1.18 bits per heavy atom. The van der Waals surface area contributed by atoms with Crippen LogP contribution in [0.2, 0.25) is 0 Å². The highest BCUT2D eigenvalue weighted by Gasteiger charge is 2.37. The quantitative estimate of drug-likeness (QED) is 0.245. The van der Waals surface area contributed by atoms with Gasteiger partial charge in [0.15, 0.2) is 5.92 Å². The third kappa shape index (κ3) is 3.87. The first-order valence-electron chi connectivity index (χ1n) is 6.29. The van der Waals surface area contributed by atoms with E-state index in [9.17, 15) is 24.5 Å². The lowest BCUT2D eigenvalue weighted by molar-refractivity contribution is -0.384. The van der Waals surface area contributed by atoms with Gasteiger partial charge in [-0.25, -0.2) is 0 Å². The fourth-order valence-electron chi connectivity index (χ4n) is 2.09. The Morgan fingerprint density at radius 2 is 1.68 bits per heavy atom. The van der Waals surface area contributed by atoms with Gasteiger partial charge in [-0.3, -0.25) is 19.7 Å². The van der Waals surface area contributed by atoms with Crippen molar-refractivity contribution in [3.8, 4) is 0 Å². The molecule has 0 bridgehead atoms. The number of ether oxygens (including phenoxy) is 2. The SMILES string of the molecule is COC(=O)C(C(=O)OC)C(CC=O)c1ccc([N+](=O)[O-])cc1. The van der Waals surface area contributed by atoms with Crippen LogP contribution in [0.5, 0.6) is 0 Å². The van der Waals surface area contributed by atoms with Crippen molar-refractivity contribution in [2.24, 2.45) is 5.92 Å². The lowest BCUT2D eigenvalue weighted by atomic mass is 9.83. The predicted molar refractivity (Wildman–Crippen MR) is 74.0 cm³/mol. The van der Waals surface area contributed by atoms with Gasteiger partial charge >= 0.3 is 11.9 Å². The highest BCUT2D eigenvalue weighted by molar-refractivity contribution is 5.96. The van der Waals surface area contributed by atoms with Crippen LogP contribution in [0.1, 0.15) is 17.9 Å². The summed E-state index contributed by atoms with van der Waals surface area (Å²) in [7, 11) is 2.23. The first kappa shape index (κ1) is 17.3. The zero-order valence-electron chi connectivity index (χ0n) is 12.1. The molecule has 0 aliphatic carbocycles. The van der Waals surface area contributed by atoms with Gasteiger partial charge in [-0.15, -0.1) is 0 Å². The van der Waals surface area contributed by atoms with E-state index in [2.05, 4.69) is 9.47 Å². The second kappa shape index (κ2) is 7.87. The molecule has 8 heteroatoms. The van der Waals surface area contributed by atoms with Gasteiger partial charge < -0.3 is 14.3 Å². The van der Waals surface area contributed by atoms with E-state index in [4.69, 9.17) is 0 Å². The van der Waals surface area contributed by atoms with E-state index in [1.54, 1.807) is 0 Å². The number of hydrogen-bond acceptors (Lipinski definition) is 7. The summed E-state index contributed by atoms with van der Waals surface area (Å²) in [5.41, 5.74) is 0.291. The van der Waals surface area contributed by atoms with Crippen molar-refractivity contribution in [3.05, 3.63) is 39.9 Å². The van der Waals surface area contributed by atoms with E-state index < -0.39 is 28.7 Å². The highest BCUT2D eigenvalue weighted by atomic mass is 16.6. The minimum atomic E-state index is -1.32. The third-order valence-electron chi connectivity index (χ3n) is 3.19. The monoisotopic (exact) mass is 309 g/mol. The molecule has 22 heavy (non-hydrogen) atoms. The molecule has 0 aliphatic heterocycles. The smallest absolute Gasteiger partial charge is 0.320 e. The number of carbonyl (C=O) groups is 3. The second-order valence-corrected chi connectivity index (χ2v) is 4.38. The van der Waals surface area contributed by atoms with Crippen LogP contribution in [0.15, 0.2) is 24.3 Å². The molecule has 0 aliphatic rings. The maximum atomic E-state index is 11.8. The fourth-order valence-corrected chi connectivity index (χ4v) is 2.09. The average Bonchev–Trinajstić information content (AvgIpc) is 2.53. The largest absolute Gasteiger partial charge is 0.468 e. The summed E-state index contributed by atoms with van der Waals surface area (Å²) in [6.07, 6.45) is 0.428. The molecule has 0 saturated carbocycles. The Morgan fingerprint density at radius 3 is 2.05 bits per heavy atom. The molecule has 1 aromatic carbocycles. The van der Waals surface area contributed by atoms with E-state index in [1.165, 1.54) is 24.3 Å². The topological polar surface area (TPSA) is 113 Å². The van der Waals surface area contributed by atoms with Crippen molar-refractivity contribution in [1.82, 2.24) is 0 Å². The van der Waals surface area contributed by atoms with Crippen LogP contribution in [0.4, 0.5) is 5.69 Å². The molecule has 1 aromatic rings. The number of nitro benzene ring substituents is 1. The van der Waals surface area contributed by atoms with E-state index in [0.717, 1.165) is 14.2 Å². The Kier molecular flexibility index (Phi) is 6.18. The van der Waals surface area contributed by atoms with Gasteiger partial charge in [0.25, 0.3) is 5.69 Å². The number of rotatable bonds is 7. The summed E-state index contributed by atoms with van der Waals surface area (Å²) >= 11 is 0. The van der Waals surface area contributed by atoms with Crippen molar-refractivity contribution < 1.29 is 28.8 Å². The number of non-ortho nitro benzene ring substituents is 1. The summed E-state index contributed by atoms with van der Waals surface area (Å²) in [6, 6.07) is 5.26. The summed E-state index contributed by atoms with van der Waals surface area (Å²) in [4.78, 5) is 44.6. The molecule has 0 amide bonds. The lowest BCUT2D eigenvalue weighted by Crippen LogP contribution is -2.32. The molecule has 0 saturated heterocycles. The first-order chi connectivity index (χ1) is 10.5. The summed E-state index contributed by atoms with van der Waals surface area (Å²) in [5, 5.41) is 10.7. The maximum absolute atomic E-state index is 11.8. The molecule has 1 rings (SSSR count). The average molecular weight is 309 g/mol. The molecule has 118 valence electrons. The van der Waals surface area contributed by atoms with E-state index in [1.807, 2.05) is 0 Å². The lowest BCUT2D eigenvalue weighted by Gasteiger charge is -2.21. The van der Waals surface area contributed by atoms with Crippen LogP contribution in [0.3, 0.4) is 0 Å². The van der Waals surface area contributed by atoms with Gasteiger partial charge in [0, 0.05) is 24.5 Å². The molecule has 0 fully saturated rings. The third-order valence-corrected chi connectivity index (χ3v) is 3.19. The van der Waals surface area contributed by atoms with Crippen LogP contribution in [0.25, 0.3) is 0 Å². The second-order valence-electron chi connectivity index (χ2n) is 4.38. The van der Waals surface area contributed by atoms with Crippen LogP contribution in [0, 0.1) is 16.0 Å². The Hall–Kier alpha value is -2.77. The van der Waals surface area contributed by atoms with Crippen molar-refractivity contribution >= 4 is 23.9 Å². The first-order valence-corrected chi connectivity index (χ1v) is 6.29. The minimum Gasteiger partial charge on any atom is -0.468 e. The molecule has 0 spiro atoms. The molecule has 0 radical (unpaired) electrons. The normalized spacial score (nSPS) is 11.6. The van der Waals surface area contributed by atoms with Crippen molar-refractivity contribution in [2.75, 3.05) is 14.2 Å². The number of esters is 2.